The van der Waals surface area contributed by atoms with Crippen molar-refractivity contribution in [1.29, 1.82) is 10.8 Å². The normalized spacial score (nSPS) is 10.8. The number of hydrogen-bond donors (Lipinski definition) is 4. The number of aromatic nitrogens is 1. The van der Waals surface area contributed by atoms with E-state index in [0.29, 0.717) is 34.7 Å². The summed E-state index contributed by atoms with van der Waals surface area (Å²) in [5, 5.41) is 16.2. The lowest BCUT2D eigenvalue weighted by molar-refractivity contribution is 0.484. The van der Waals surface area contributed by atoms with E-state index < -0.39 is 0 Å². The number of benzene rings is 3. The summed E-state index contributed by atoms with van der Waals surface area (Å²) in [7, 11) is 0. The fourth-order valence-electron chi connectivity index (χ4n) is 3.68. The van der Waals surface area contributed by atoms with Gasteiger partial charge in [0, 0.05) is 22.6 Å². The quantitative estimate of drug-likeness (QED) is 0.277. The summed E-state index contributed by atoms with van der Waals surface area (Å²) in [4.78, 5) is 13.0. The standard InChI is InChI=1S/C25H23N5O2/c1-15-11-22(31)30(14-16-5-2-6-17(12-16)24(26)27)23-20(15)9-4-10-21(23)32-19-8-3-7-18(13-19)25(28)29/h2-13H,14H2,1H3,(H3,26,27)(H3,28,29). The Kier molecular flexibility index (Phi) is 5.47. The van der Waals surface area contributed by atoms with Crippen LogP contribution in [-0.2, 0) is 6.54 Å². The predicted octanol–water partition coefficient (Wildman–Crippen LogP) is 3.72. The van der Waals surface area contributed by atoms with Crippen molar-refractivity contribution < 1.29 is 4.74 Å². The minimum absolute atomic E-state index is 0.0256. The third-order valence-corrected chi connectivity index (χ3v) is 5.25. The number of pyridine rings is 1. The number of nitrogens with two attached hydrogens (primary N) is 2. The Balaban J connectivity index is 1.86. The highest BCUT2D eigenvalue weighted by molar-refractivity contribution is 5.95. The van der Waals surface area contributed by atoms with E-state index in [-0.39, 0.29) is 17.2 Å². The first-order valence-electron chi connectivity index (χ1n) is 10.0. The number of rotatable bonds is 6. The average molecular weight is 425 g/mol. The Bertz CT molecular complexity index is 1420. The zero-order valence-electron chi connectivity index (χ0n) is 17.6. The highest BCUT2D eigenvalue weighted by Gasteiger charge is 2.14. The van der Waals surface area contributed by atoms with E-state index in [9.17, 15) is 4.79 Å². The Hall–Kier alpha value is -4.39. The van der Waals surface area contributed by atoms with Crippen LogP contribution in [-0.4, -0.2) is 16.2 Å². The van der Waals surface area contributed by atoms with Gasteiger partial charge in [-0.3, -0.25) is 15.6 Å². The molecule has 0 saturated heterocycles. The van der Waals surface area contributed by atoms with Crippen LogP contribution in [0.3, 0.4) is 0 Å². The SMILES string of the molecule is Cc1cc(=O)n(Cc2cccc(C(=N)N)c2)c2c(Oc3cccc(C(=N)N)c3)cccc12. The second-order valence-electron chi connectivity index (χ2n) is 7.56. The molecule has 7 nitrogen and oxygen atoms in total. The number of amidine groups is 2. The van der Waals surface area contributed by atoms with Crippen LogP contribution >= 0.6 is 0 Å². The lowest BCUT2D eigenvalue weighted by atomic mass is 10.1. The molecule has 0 bridgehead atoms. The topological polar surface area (TPSA) is 131 Å². The first-order chi connectivity index (χ1) is 15.3. The van der Waals surface area contributed by atoms with Crippen molar-refractivity contribution in [3.8, 4) is 11.5 Å². The van der Waals surface area contributed by atoms with E-state index in [0.717, 1.165) is 16.5 Å². The molecule has 1 heterocycles. The third-order valence-electron chi connectivity index (χ3n) is 5.25. The molecular weight excluding hydrogens is 402 g/mol. The molecule has 0 spiro atoms. The van der Waals surface area contributed by atoms with Gasteiger partial charge in [0.15, 0.2) is 5.75 Å². The summed E-state index contributed by atoms with van der Waals surface area (Å²) >= 11 is 0. The van der Waals surface area contributed by atoms with E-state index in [1.54, 1.807) is 47.0 Å². The summed E-state index contributed by atoms with van der Waals surface area (Å²) < 4.78 is 7.83. The van der Waals surface area contributed by atoms with Gasteiger partial charge in [-0.05, 0) is 42.3 Å². The monoisotopic (exact) mass is 425 g/mol. The van der Waals surface area contributed by atoms with Gasteiger partial charge in [0.05, 0.1) is 12.1 Å². The smallest absolute Gasteiger partial charge is 0.251 e. The minimum Gasteiger partial charge on any atom is -0.455 e. The number of para-hydroxylation sites is 1. The summed E-state index contributed by atoms with van der Waals surface area (Å²) in [5.74, 6) is 0.963. The van der Waals surface area contributed by atoms with Crippen LogP contribution in [0.4, 0.5) is 0 Å². The van der Waals surface area contributed by atoms with Gasteiger partial charge in [-0.15, -0.1) is 0 Å². The van der Waals surface area contributed by atoms with Crippen molar-refractivity contribution in [2.24, 2.45) is 11.5 Å². The Morgan fingerprint density at radius 3 is 2.28 bits per heavy atom. The zero-order valence-corrected chi connectivity index (χ0v) is 17.6. The molecule has 0 aliphatic heterocycles. The molecule has 32 heavy (non-hydrogen) atoms. The maximum atomic E-state index is 13.0. The molecule has 7 heteroatoms. The van der Waals surface area contributed by atoms with Gasteiger partial charge >= 0.3 is 0 Å². The Morgan fingerprint density at radius 2 is 1.56 bits per heavy atom. The molecule has 6 N–H and O–H groups in total. The fraction of sp³-hybridized carbons (Fsp3) is 0.0800. The van der Waals surface area contributed by atoms with Gasteiger partial charge < -0.3 is 20.8 Å². The van der Waals surface area contributed by atoms with Gasteiger partial charge in [-0.1, -0.05) is 42.5 Å². The molecule has 160 valence electrons. The molecule has 0 aliphatic carbocycles. The molecule has 4 aromatic rings. The number of nitrogen functional groups attached to an aromatic ring is 2. The summed E-state index contributed by atoms with van der Waals surface area (Å²) in [6, 6.07) is 21.5. The van der Waals surface area contributed by atoms with E-state index in [2.05, 4.69) is 0 Å². The van der Waals surface area contributed by atoms with Crippen molar-refractivity contribution in [3.05, 3.63) is 105 Å². The van der Waals surface area contributed by atoms with E-state index in [4.69, 9.17) is 27.0 Å². The zero-order chi connectivity index (χ0) is 22.8. The van der Waals surface area contributed by atoms with Crippen molar-refractivity contribution in [1.82, 2.24) is 4.57 Å². The van der Waals surface area contributed by atoms with Crippen LogP contribution < -0.4 is 21.8 Å². The highest BCUT2D eigenvalue weighted by Crippen LogP contribution is 2.31. The van der Waals surface area contributed by atoms with Gasteiger partial charge in [-0.25, -0.2) is 0 Å². The van der Waals surface area contributed by atoms with E-state index in [1.807, 2.05) is 37.3 Å². The van der Waals surface area contributed by atoms with Crippen molar-refractivity contribution in [3.63, 3.8) is 0 Å². The number of fused-ring (bicyclic) bond motifs is 1. The van der Waals surface area contributed by atoms with Crippen LogP contribution in [0.15, 0.2) is 77.6 Å². The van der Waals surface area contributed by atoms with Crippen LogP contribution in [0.5, 0.6) is 11.5 Å². The number of aryl methyl sites for hydroxylation is 1. The molecule has 1 aromatic heterocycles. The van der Waals surface area contributed by atoms with Gasteiger partial charge in [0.1, 0.15) is 17.4 Å². The van der Waals surface area contributed by atoms with Crippen LogP contribution in [0, 0.1) is 17.7 Å². The number of nitrogens with zero attached hydrogens (tertiary/aromatic N) is 1. The third kappa shape index (κ3) is 4.09. The molecular formula is C25H23N5O2. The summed E-state index contributed by atoms with van der Waals surface area (Å²) in [6.07, 6.45) is 0. The summed E-state index contributed by atoms with van der Waals surface area (Å²) in [5.41, 5.74) is 14.6. The molecule has 4 rings (SSSR count). The number of ether oxygens (including phenoxy) is 1. The highest BCUT2D eigenvalue weighted by atomic mass is 16.5. The van der Waals surface area contributed by atoms with Crippen LogP contribution in [0.2, 0.25) is 0 Å². The average Bonchev–Trinajstić information content (AvgIpc) is 2.77. The Labute approximate surface area is 184 Å². The van der Waals surface area contributed by atoms with Crippen molar-refractivity contribution in [2.75, 3.05) is 0 Å². The molecule has 0 aliphatic rings. The largest absolute Gasteiger partial charge is 0.455 e. The second kappa shape index (κ2) is 8.39. The first-order valence-corrected chi connectivity index (χ1v) is 10.0. The number of nitrogens with one attached hydrogen (secondary N) is 2. The minimum atomic E-state index is -0.156. The maximum absolute atomic E-state index is 13.0. The maximum Gasteiger partial charge on any atom is 0.251 e. The van der Waals surface area contributed by atoms with Crippen molar-refractivity contribution in [2.45, 2.75) is 13.5 Å². The molecule has 0 radical (unpaired) electrons. The molecule has 0 unspecified atom stereocenters. The van der Waals surface area contributed by atoms with Gasteiger partial charge in [-0.2, -0.15) is 0 Å². The first kappa shape index (κ1) is 20.9. The Morgan fingerprint density at radius 1 is 0.906 bits per heavy atom. The van der Waals surface area contributed by atoms with E-state index >= 15 is 0 Å². The molecule has 0 saturated carbocycles. The lowest BCUT2D eigenvalue weighted by Crippen LogP contribution is -2.21. The predicted molar refractivity (Wildman–Crippen MR) is 127 cm³/mol. The lowest BCUT2D eigenvalue weighted by Gasteiger charge is -2.17. The van der Waals surface area contributed by atoms with E-state index in [1.165, 1.54) is 0 Å². The van der Waals surface area contributed by atoms with Gasteiger partial charge in [0.2, 0.25) is 0 Å². The molecule has 0 amide bonds. The van der Waals surface area contributed by atoms with Gasteiger partial charge in [0.25, 0.3) is 5.56 Å². The van der Waals surface area contributed by atoms with Crippen LogP contribution in [0.1, 0.15) is 22.3 Å². The van der Waals surface area contributed by atoms with Crippen molar-refractivity contribution >= 4 is 22.6 Å². The summed E-state index contributed by atoms with van der Waals surface area (Å²) in [6.45, 7) is 2.19. The van der Waals surface area contributed by atoms with Crippen LogP contribution in [0.25, 0.3) is 10.9 Å². The number of hydrogen-bond acceptors (Lipinski definition) is 4. The molecule has 3 aromatic carbocycles. The molecule has 0 atom stereocenters. The fourth-order valence-corrected chi connectivity index (χ4v) is 3.68. The second-order valence-corrected chi connectivity index (χ2v) is 7.56. The molecule has 0 fully saturated rings.